The van der Waals surface area contributed by atoms with E-state index >= 15 is 0 Å². The predicted molar refractivity (Wildman–Crippen MR) is 60.8 cm³/mol. The van der Waals surface area contributed by atoms with E-state index in [1.54, 1.807) is 37.3 Å². The molecule has 0 N–H and O–H groups in total. The molecule has 88 valence electrons. The van der Waals surface area contributed by atoms with Crippen molar-refractivity contribution in [3.05, 3.63) is 35.9 Å². The maximum absolute atomic E-state index is 11.6. The van der Waals surface area contributed by atoms with Crippen LogP contribution < -0.4 is 0 Å². The van der Waals surface area contributed by atoms with E-state index in [1.165, 1.54) is 0 Å². The Bertz CT molecular complexity index is 436. The van der Waals surface area contributed by atoms with Gasteiger partial charge < -0.3 is 0 Å². The molecule has 16 heavy (non-hydrogen) atoms. The predicted octanol–water partition coefficient (Wildman–Crippen LogP) is 1.63. The van der Waals surface area contributed by atoms with E-state index in [1.807, 2.05) is 0 Å². The first kappa shape index (κ1) is 12.9. The summed E-state index contributed by atoms with van der Waals surface area (Å²) in [6.45, 7) is 1.69. The maximum Gasteiger partial charge on any atom is 0.267 e. The highest BCUT2D eigenvalue weighted by molar-refractivity contribution is 7.86. The molecule has 0 heterocycles. The van der Waals surface area contributed by atoms with Crippen molar-refractivity contribution in [2.75, 3.05) is 12.4 Å². The van der Waals surface area contributed by atoms with E-state index in [0.29, 0.717) is 5.56 Å². The van der Waals surface area contributed by atoms with Gasteiger partial charge in [-0.2, -0.15) is 8.42 Å². The highest BCUT2D eigenvalue weighted by atomic mass is 32.2. The number of ketones is 1. The summed E-state index contributed by atoms with van der Waals surface area (Å²) in [5, 5.41) is 0. The quantitative estimate of drug-likeness (QED) is 0.562. The Kier molecular flexibility index (Phi) is 4.64. The van der Waals surface area contributed by atoms with Crippen LogP contribution in [0.4, 0.5) is 0 Å². The van der Waals surface area contributed by atoms with Crippen molar-refractivity contribution in [3.8, 4) is 0 Å². The lowest BCUT2D eigenvalue weighted by Crippen LogP contribution is -2.14. The molecule has 0 bridgehead atoms. The normalized spacial score (nSPS) is 11.3. The van der Waals surface area contributed by atoms with Gasteiger partial charge in [0.05, 0.1) is 12.4 Å². The highest BCUT2D eigenvalue weighted by Gasteiger charge is 2.14. The molecule has 0 saturated heterocycles. The fraction of sp³-hybridized carbons (Fsp3) is 0.364. The Morgan fingerprint density at radius 2 is 1.88 bits per heavy atom. The van der Waals surface area contributed by atoms with Gasteiger partial charge in [0.2, 0.25) is 0 Å². The molecule has 0 amide bonds. The Balaban J connectivity index is 2.54. The number of hydrogen-bond acceptors (Lipinski definition) is 4. The molecule has 1 rings (SSSR count). The summed E-state index contributed by atoms with van der Waals surface area (Å²) < 4.78 is 26.9. The Morgan fingerprint density at radius 3 is 2.44 bits per heavy atom. The van der Waals surface area contributed by atoms with Crippen molar-refractivity contribution in [2.45, 2.75) is 13.3 Å². The summed E-state index contributed by atoms with van der Waals surface area (Å²) >= 11 is 0. The van der Waals surface area contributed by atoms with Gasteiger partial charge in [-0.15, -0.1) is 0 Å². The third-order valence-corrected chi connectivity index (χ3v) is 3.27. The van der Waals surface area contributed by atoms with E-state index in [2.05, 4.69) is 4.18 Å². The first-order valence-electron chi connectivity index (χ1n) is 5.00. The number of carbonyl (C=O) groups is 1. The van der Waals surface area contributed by atoms with Crippen LogP contribution in [0.1, 0.15) is 23.7 Å². The van der Waals surface area contributed by atoms with Crippen molar-refractivity contribution < 1.29 is 17.4 Å². The molecule has 5 heteroatoms. The molecule has 0 aliphatic heterocycles. The van der Waals surface area contributed by atoms with Gasteiger partial charge in [-0.05, 0) is 6.92 Å². The van der Waals surface area contributed by atoms with Gasteiger partial charge in [0.1, 0.15) is 0 Å². The van der Waals surface area contributed by atoms with Crippen molar-refractivity contribution in [1.82, 2.24) is 0 Å². The second kappa shape index (κ2) is 5.77. The van der Waals surface area contributed by atoms with Crippen molar-refractivity contribution in [2.24, 2.45) is 0 Å². The van der Waals surface area contributed by atoms with E-state index in [-0.39, 0.29) is 24.6 Å². The van der Waals surface area contributed by atoms with Crippen LogP contribution in [0, 0.1) is 0 Å². The zero-order valence-electron chi connectivity index (χ0n) is 9.05. The largest absolute Gasteiger partial charge is 0.294 e. The van der Waals surface area contributed by atoms with E-state index in [4.69, 9.17) is 0 Å². The number of benzene rings is 1. The third-order valence-electron chi connectivity index (χ3n) is 1.97. The number of carbonyl (C=O) groups excluding carboxylic acids is 1. The van der Waals surface area contributed by atoms with Crippen molar-refractivity contribution in [1.29, 1.82) is 0 Å². The van der Waals surface area contributed by atoms with Crippen LogP contribution in [0.15, 0.2) is 30.3 Å². The van der Waals surface area contributed by atoms with Gasteiger partial charge in [-0.1, -0.05) is 30.3 Å². The molecule has 0 saturated carbocycles. The summed E-state index contributed by atoms with van der Waals surface area (Å²) in [6.07, 6.45) is -0.0493. The van der Waals surface area contributed by atoms with E-state index < -0.39 is 10.1 Å². The molecular formula is C11H14O4S. The number of rotatable bonds is 6. The summed E-state index contributed by atoms with van der Waals surface area (Å²) in [5.74, 6) is -0.460. The SMILES string of the molecule is CCOS(=O)(=O)CCC(=O)c1ccccc1. The van der Waals surface area contributed by atoms with Gasteiger partial charge in [-0.3, -0.25) is 8.98 Å². The Labute approximate surface area is 95.4 Å². The van der Waals surface area contributed by atoms with Crippen LogP contribution >= 0.6 is 0 Å². The number of Topliss-reactive ketones (excluding diaryl/α,β-unsaturated/α-hetero) is 1. The molecule has 0 spiro atoms. The molecule has 1 aromatic rings. The topological polar surface area (TPSA) is 60.4 Å². The lowest BCUT2D eigenvalue weighted by atomic mass is 10.1. The second-order valence-corrected chi connectivity index (χ2v) is 4.97. The fourth-order valence-electron chi connectivity index (χ4n) is 1.22. The Morgan fingerprint density at radius 1 is 1.25 bits per heavy atom. The summed E-state index contributed by atoms with van der Waals surface area (Å²) in [7, 11) is -3.56. The van der Waals surface area contributed by atoms with Crippen LogP contribution in [0.5, 0.6) is 0 Å². The summed E-state index contributed by atoms with van der Waals surface area (Å²) in [6, 6.07) is 8.60. The molecule has 0 unspecified atom stereocenters. The molecule has 0 aromatic heterocycles. The monoisotopic (exact) mass is 242 g/mol. The van der Waals surface area contributed by atoms with E-state index in [0.717, 1.165) is 0 Å². The summed E-state index contributed by atoms with van der Waals surface area (Å²) in [5.41, 5.74) is 0.522. The van der Waals surface area contributed by atoms with Gasteiger partial charge in [0.25, 0.3) is 10.1 Å². The average molecular weight is 242 g/mol. The van der Waals surface area contributed by atoms with Gasteiger partial charge >= 0.3 is 0 Å². The van der Waals surface area contributed by atoms with Crippen molar-refractivity contribution in [3.63, 3.8) is 0 Å². The standard InChI is InChI=1S/C11H14O4S/c1-2-15-16(13,14)9-8-11(12)10-6-4-3-5-7-10/h3-7H,2,8-9H2,1H3. The highest BCUT2D eigenvalue weighted by Crippen LogP contribution is 2.05. The third kappa shape index (κ3) is 4.12. The summed E-state index contributed by atoms with van der Waals surface area (Å²) in [4.78, 5) is 11.6. The zero-order chi connectivity index (χ0) is 12.0. The minimum absolute atomic E-state index is 0.0493. The lowest BCUT2D eigenvalue weighted by molar-refractivity contribution is 0.0987. The number of hydrogen-bond donors (Lipinski definition) is 0. The molecule has 1 aromatic carbocycles. The average Bonchev–Trinajstić information content (AvgIpc) is 2.27. The van der Waals surface area contributed by atoms with Gasteiger partial charge in [-0.25, -0.2) is 0 Å². The van der Waals surface area contributed by atoms with Gasteiger partial charge in [0.15, 0.2) is 5.78 Å². The van der Waals surface area contributed by atoms with Crippen molar-refractivity contribution >= 4 is 15.9 Å². The molecule has 4 nitrogen and oxygen atoms in total. The maximum atomic E-state index is 11.6. The molecule has 0 aliphatic rings. The molecular weight excluding hydrogens is 228 g/mol. The smallest absolute Gasteiger partial charge is 0.267 e. The van der Waals surface area contributed by atoms with E-state index in [9.17, 15) is 13.2 Å². The molecule has 0 fully saturated rings. The minimum Gasteiger partial charge on any atom is -0.294 e. The fourth-order valence-corrected chi connectivity index (χ4v) is 2.14. The molecule has 0 aliphatic carbocycles. The van der Waals surface area contributed by atoms with Crippen LogP contribution in [0.3, 0.4) is 0 Å². The van der Waals surface area contributed by atoms with Gasteiger partial charge in [0, 0.05) is 12.0 Å². The second-order valence-electron chi connectivity index (χ2n) is 3.21. The van der Waals surface area contributed by atoms with Crippen LogP contribution in [0.25, 0.3) is 0 Å². The minimum atomic E-state index is -3.56. The first-order valence-corrected chi connectivity index (χ1v) is 6.58. The van der Waals surface area contributed by atoms with Crippen LogP contribution in [-0.4, -0.2) is 26.6 Å². The molecule has 0 atom stereocenters. The van der Waals surface area contributed by atoms with Crippen LogP contribution in [0.2, 0.25) is 0 Å². The zero-order valence-corrected chi connectivity index (χ0v) is 9.87. The van der Waals surface area contributed by atoms with Crippen LogP contribution in [-0.2, 0) is 14.3 Å². The first-order chi connectivity index (χ1) is 7.55. The molecule has 0 radical (unpaired) electrons. The Hall–Kier alpha value is -1.20. The lowest BCUT2D eigenvalue weighted by Gasteiger charge is -2.02.